The Morgan fingerprint density at radius 2 is 1.67 bits per heavy atom. The smallest absolute Gasteiger partial charge is 0.177 e. The minimum absolute atomic E-state index is 0.126. The fraction of sp³-hybridized carbons (Fsp3) is 0.750. The molecule has 3 atom stereocenters. The standard InChI is InChI=1S/C8H14O4/c1-2-3-8-11-6(4-9)7(5-10)12-8/h2-3,6-10H,4-5H2,1H3/t6-,7?,8?/m0/s1. The summed E-state index contributed by atoms with van der Waals surface area (Å²) in [6.45, 7) is 1.60. The molecule has 0 bridgehead atoms. The zero-order valence-electron chi connectivity index (χ0n) is 7.01. The van der Waals surface area contributed by atoms with Crippen LogP contribution >= 0.6 is 0 Å². The summed E-state index contributed by atoms with van der Waals surface area (Å²) < 4.78 is 10.5. The summed E-state index contributed by atoms with van der Waals surface area (Å²) in [4.78, 5) is 0. The average Bonchev–Trinajstić information content (AvgIpc) is 2.48. The maximum atomic E-state index is 8.81. The fourth-order valence-corrected chi connectivity index (χ4v) is 1.12. The van der Waals surface area contributed by atoms with Crippen molar-refractivity contribution in [3.8, 4) is 0 Å². The molecule has 0 aliphatic carbocycles. The summed E-state index contributed by atoms with van der Waals surface area (Å²) in [5.74, 6) is 0. The van der Waals surface area contributed by atoms with Gasteiger partial charge >= 0.3 is 0 Å². The highest BCUT2D eigenvalue weighted by Gasteiger charge is 2.33. The van der Waals surface area contributed by atoms with Crippen LogP contribution in [0.25, 0.3) is 0 Å². The van der Waals surface area contributed by atoms with Crippen LogP contribution in [0.2, 0.25) is 0 Å². The molecule has 0 aromatic carbocycles. The van der Waals surface area contributed by atoms with E-state index in [1.165, 1.54) is 0 Å². The molecular weight excluding hydrogens is 160 g/mol. The molecule has 4 heteroatoms. The van der Waals surface area contributed by atoms with E-state index in [0.29, 0.717) is 0 Å². The Kier molecular flexibility index (Phi) is 3.68. The van der Waals surface area contributed by atoms with Crippen molar-refractivity contribution >= 4 is 0 Å². The largest absolute Gasteiger partial charge is 0.394 e. The van der Waals surface area contributed by atoms with Gasteiger partial charge in [-0.15, -0.1) is 0 Å². The molecule has 0 aromatic rings. The van der Waals surface area contributed by atoms with Gasteiger partial charge in [-0.3, -0.25) is 0 Å². The van der Waals surface area contributed by atoms with Crippen molar-refractivity contribution in [2.75, 3.05) is 13.2 Å². The normalized spacial score (nSPS) is 36.4. The van der Waals surface area contributed by atoms with Crippen LogP contribution < -0.4 is 0 Å². The third kappa shape index (κ3) is 2.04. The first-order valence-electron chi connectivity index (χ1n) is 3.97. The Hall–Kier alpha value is -0.420. The lowest BCUT2D eigenvalue weighted by atomic mass is 10.2. The minimum Gasteiger partial charge on any atom is -0.394 e. The highest BCUT2D eigenvalue weighted by molar-refractivity contribution is 4.88. The number of hydrogen-bond acceptors (Lipinski definition) is 4. The molecule has 1 fully saturated rings. The van der Waals surface area contributed by atoms with Crippen LogP contribution in [0.3, 0.4) is 0 Å². The molecular formula is C8H14O4. The van der Waals surface area contributed by atoms with Crippen molar-refractivity contribution in [3.05, 3.63) is 12.2 Å². The summed E-state index contributed by atoms with van der Waals surface area (Å²) in [6, 6.07) is 0. The Morgan fingerprint density at radius 3 is 2.00 bits per heavy atom. The topological polar surface area (TPSA) is 58.9 Å². The van der Waals surface area contributed by atoms with Gasteiger partial charge in [0.15, 0.2) is 6.29 Å². The van der Waals surface area contributed by atoms with Crippen molar-refractivity contribution < 1.29 is 19.7 Å². The molecule has 1 rings (SSSR count). The highest BCUT2D eigenvalue weighted by Crippen LogP contribution is 2.19. The number of ether oxygens (including phenoxy) is 2. The molecule has 2 unspecified atom stereocenters. The van der Waals surface area contributed by atoms with Gasteiger partial charge in [0.2, 0.25) is 0 Å². The van der Waals surface area contributed by atoms with Gasteiger partial charge in [0.05, 0.1) is 13.2 Å². The van der Waals surface area contributed by atoms with E-state index in [4.69, 9.17) is 19.7 Å². The lowest BCUT2D eigenvalue weighted by Crippen LogP contribution is -2.29. The second kappa shape index (κ2) is 4.57. The Morgan fingerprint density at radius 1 is 1.17 bits per heavy atom. The molecule has 12 heavy (non-hydrogen) atoms. The van der Waals surface area contributed by atoms with Crippen LogP contribution in [0.1, 0.15) is 6.92 Å². The van der Waals surface area contributed by atoms with Crippen LogP contribution in [0.4, 0.5) is 0 Å². The molecule has 70 valence electrons. The highest BCUT2D eigenvalue weighted by atomic mass is 16.7. The van der Waals surface area contributed by atoms with Crippen molar-refractivity contribution in [2.45, 2.75) is 25.4 Å². The van der Waals surface area contributed by atoms with Gasteiger partial charge < -0.3 is 19.7 Å². The first-order valence-corrected chi connectivity index (χ1v) is 3.97. The van der Waals surface area contributed by atoms with Gasteiger partial charge in [-0.1, -0.05) is 6.08 Å². The van der Waals surface area contributed by atoms with Gasteiger partial charge in [0.25, 0.3) is 0 Å². The lowest BCUT2D eigenvalue weighted by Gasteiger charge is -2.09. The van der Waals surface area contributed by atoms with E-state index in [-0.39, 0.29) is 13.2 Å². The zero-order valence-corrected chi connectivity index (χ0v) is 7.01. The van der Waals surface area contributed by atoms with E-state index in [1.807, 2.05) is 6.92 Å². The summed E-state index contributed by atoms with van der Waals surface area (Å²) in [6.07, 6.45) is 2.30. The van der Waals surface area contributed by atoms with Crippen LogP contribution in [-0.4, -0.2) is 41.9 Å². The number of aliphatic hydroxyl groups is 2. The Bertz CT molecular complexity index is 145. The zero-order chi connectivity index (χ0) is 8.97. The van der Waals surface area contributed by atoms with Crippen LogP contribution in [0.5, 0.6) is 0 Å². The summed E-state index contributed by atoms with van der Waals surface area (Å²) in [7, 11) is 0. The molecule has 0 amide bonds. The third-order valence-electron chi connectivity index (χ3n) is 1.74. The van der Waals surface area contributed by atoms with Crippen molar-refractivity contribution in [1.29, 1.82) is 0 Å². The molecule has 1 aliphatic heterocycles. The number of allylic oxidation sites excluding steroid dienone is 1. The van der Waals surface area contributed by atoms with E-state index >= 15 is 0 Å². The predicted octanol–water partition coefficient (Wildman–Crippen LogP) is -0.343. The quantitative estimate of drug-likeness (QED) is 0.574. The molecule has 0 radical (unpaired) electrons. The molecule has 0 spiro atoms. The van der Waals surface area contributed by atoms with Crippen LogP contribution in [0, 0.1) is 0 Å². The fourth-order valence-electron chi connectivity index (χ4n) is 1.12. The summed E-state index contributed by atoms with van der Waals surface area (Å²) >= 11 is 0. The average molecular weight is 174 g/mol. The molecule has 4 nitrogen and oxygen atoms in total. The first kappa shape index (κ1) is 9.67. The van der Waals surface area contributed by atoms with Gasteiger partial charge in [-0.25, -0.2) is 0 Å². The third-order valence-corrected chi connectivity index (χ3v) is 1.74. The maximum absolute atomic E-state index is 8.81. The molecule has 1 heterocycles. The Labute approximate surface area is 71.4 Å². The number of rotatable bonds is 3. The maximum Gasteiger partial charge on any atom is 0.177 e. The van der Waals surface area contributed by atoms with Crippen molar-refractivity contribution in [3.63, 3.8) is 0 Å². The molecule has 0 saturated carbocycles. The molecule has 1 aliphatic rings. The van der Waals surface area contributed by atoms with Crippen molar-refractivity contribution in [2.24, 2.45) is 0 Å². The predicted molar refractivity (Wildman–Crippen MR) is 42.5 cm³/mol. The van der Waals surface area contributed by atoms with E-state index in [2.05, 4.69) is 0 Å². The summed E-state index contributed by atoms with van der Waals surface area (Å²) in [5, 5.41) is 17.6. The van der Waals surface area contributed by atoms with Gasteiger partial charge in [-0.05, 0) is 13.0 Å². The van der Waals surface area contributed by atoms with Crippen LogP contribution in [0.15, 0.2) is 12.2 Å². The SMILES string of the molecule is CC=CC1OC(CO)[C@H](CO)O1. The van der Waals surface area contributed by atoms with E-state index in [0.717, 1.165) is 0 Å². The number of hydrogen-bond donors (Lipinski definition) is 2. The van der Waals surface area contributed by atoms with Crippen LogP contribution in [-0.2, 0) is 9.47 Å². The van der Waals surface area contributed by atoms with Gasteiger partial charge in [0, 0.05) is 0 Å². The Balaban J connectivity index is 2.47. The van der Waals surface area contributed by atoms with Gasteiger partial charge in [0.1, 0.15) is 12.2 Å². The van der Waals surface area contributed by atoms with E-state index < -0.39 is 18.5 Å². The van der Waals surface area contributed by atoms with E-state index in [1.54, 1.807) is 12.2 Å². The second-order valence-corrected chi connectivity index (χ2v) is 2.61. The van der Waals surface area contributed by atoms with Gasteiger partial charge in [-0.2, -0.15) is 0 Å². The monoisotopic (exact) mass is 174 g/mol. The lowest BCUT2D eigenvalue weighted by molar-refractivity contribution is -0.0386. The van der Waals surface area contributed by atoms with Crippen molar-refractivity contribution in [1.82, 2.24) is 0 Å². The molecule has 1 saturated heterocycles. The molecule has 2 N–H and O–H groups in total. The minimum atomic E-state index is -0.427. The van der Waals surface area contributed by atoms with E-state index in [9.17, 15) is 0 Å². The summed E-state index contributed by atoms with van der Waals surface area (Å²) in [5.41, 5.74) is 0. The molecule has 0 aromatic heterocycles. The first-order chi connectivity index (χ1) is 5.81. The number of aliphatic hydroxyl groups excluding tert-OH is 2. The second-order valence-electron chi connectivity index (χ2n) is 2.61.